The van der Waals surface area contributed by atoms with Gasteiger partial charge in [0.1, 0.15) is 5.82 Å². The summed E-state index contributed by atoms with van der Waals surface area (Å²) in [7, 11) is 0. The number of nitrogens with zero attached hydrogens (tertiary/aromatic N) is 3. The maximum Gasteiger partial charge on any atom is 0.127 e. The first-order chi connectivity index (χ1) is 10.2. The van der Waals surface area contributed by atoms with E-state index in [-0.39, 0.29) is 11.5 Å². The van der Waals surface area contributed by atoms with E-state index in [4.69, 9.17) is 16.3 Å². The fourth-order valence-corrected chi connectivity index (χ4v) is 3.14. The number of benzene rings is 1. The second kappa shape index (κ2) is 6.34. The van der Waals surface area contributed by atoms with Gasteiger partial charge < -0.3 is 9.30 Å². The lowest BCUT2D eigenvalue weighted by atomic mass is 10.2. The van der Waals surface area contributed by atoms with Gasteiger partial charge in [-0.2, -0.15) is 0 Å². The number of rotatable bonds is 4. The van der Waals surface area contributed by atoms with Gasteiger partial charge in [0.2, 0.25) is 0 Å². The third kappa shape index (κ3) is 3.07. The summed E-state index contributed by atoms with van der Waals surface area (Å²) in [6.07, 6.45) is 0.200. The molecule has 0 spiro atoms. The molecule has 0 N–H and O–H groups in total. The number of fused-ring (bicyclic) bond motifs is 1. The number of morpholine rings is 1. The van der Waals surface area contributed by atoms with Gasteiger partial charge in [0.05, 0.1) is 35.7 Å². The Hall–Kier alpha value is -1.10. The molecule has 1 fully saturated rings. The lowest BCUT2D eigenvalue weighted by molar-refractivity contribution is -0.0341. The van der Waals surface area contributed by atoms with Gasteiger partial charge in [0.15, 0.2) is 0 Å². The van der Waals surface area contributed by atoms with Crippen molar-refractivity contribution < 1.29 is 4.74 Å². The minimum Gasteiger partial charge on any atom is -0.374 e. The van der Waals surface area contributed by atoms with Gasteiger partial charge in [0.25, 0.3) is 0 Å². The third-order valence-electron chi connectivity index (χ3n) is 4.10. The summed E-state index contributed by atoms with van der Waals surface area (Å²) in [5, 5.41) is -0.108. The number of para-hydroxylation sites is 2. The minimum atomic E-state index is -0.108. The minimum absolute atomic E-state index is 0.108. The van der Waals surface area contributed by atoms with Crippen molar-refractivity contribution in [2.45, 2.75) is 31.9 Å². The predicted octanol–water partition coefficient (Wildman–Crippen LogP) is 3.06. The molecule has 2 atom stereocenters. The molecule has 5 heteroatoms. The quantitative estimate of drug-likeness (QED) is 0.813. The molecule has 0 bridgehead atoms. The summed E-state index contributed by atoms with van der Waals surface area (Å²) in [5.41, 5.74) is 2.14. The molecule has 1 aromatic carbocycles. The van der Waals surface area contributed by atoms with Crippen molar-refractivity contribution in [2.24, 2.45) is 0 Å². The fourth-order valence-electron chi connectivity index (χ4n) is 2.97. The first-order valence-electron chi connectivity index (χ1n) is 7.62. The van der Waals surface area contributed by atoms with E-state index in [0.717, 1.165) is 49.6 Å². The zero-order chi connectivity index (χ0) is 14.8. The molecular weight excluding hydrogens is 286 g/mol. The second-order valence-electron chi connectivity index (χ2n) is 5.57. The van der Waals surface area contributed by atoms with Crippen LogP contribution in [0.5, 0.6) is 0 Å². The Bertz CT molecular complexity index is 611. The average molecular weight is 308 g/mol. The van der Waals surface area contributed by atoms with Crippen molar-refractivity contribution in [2.75, 3.05) is 26.2 Å². The lowest BCUT2D eigenvalue weighted by Gasteiger charge is -2.32. The van der Waals surface area contributed by atoms with Gasteiger partial charge in [-0.05, 0) is 25.6 Å². The van der Waals surface area contributed by atoms with Crippen LogP contribution in [0.2, 0.25) is 0 Å². The molecule has 0 radical (unpaired) electrons. The first-order valence-corrected chi connectivity index (χ1v) is 8.06. The summed E-state index contributed by atoms with van der Waals surface area (Å²) >= 11 is 6.32. The number of aromatic nitrogens is 2. The average Bonchev–Trinajstić information content (AvgIpc) is 2.87. The highest BCUT2D eigenvalue weighted by atomic mass is 35.5. The van der Waals surface area contributed by atoms with Crippen LogP contribution in [-0.4, -0.2) is 46.8 Å². The standard InChI is InChI=1S/C16H22ClN3O/c1-3-19-8-9-21-13(10-19)11-20-15-7-5-4-6-14(15)18-16(20)12(2)17/h4-7,12-13H,3,8-11H2,1-2H3. The molecule has 1 aliphatic rings. The molecule has 3 rings (SSSR count). The molecule has 0 saturated carbocycles. The van der Waals surface area contributed by atoms with Gasteiger partial charge in [-0.3, -0.25) is 4.90 Å². The SMILES string of the molecule is CCN1CCOC(Cn2c(C(C)Cl)nc3ccccc32)C1. The van der Waals surface area contributed by atoms with Crippen LogP contribution in [0.3, 0.4) is 0 Å². The Morgan fingerprint density at radius 2 is 2.24 bits per heavy atom. The van der Waals surface area contributed by atoms with E-state index in [2.05, 4.69) is 27.4 Å². The van der Waals surface area contributed by atoms with E-state index >= 15 is 0 Å². The predicted molar refractivity (Wildman–Crippen MR) is 85.9 cm³/mol. The van der Waals surface area contributed by atoms with Crippen molar-refractivity contribution in [1.29, 1.82) is 0 Å². The smallest absolute Gasteiger partial charge is 0.127 e. The highest BCUT2D eigenvalue weighted by molar-refractivity contribution is 6.20. The van der Waals surface area contributed by atoms with Crippen LogP contribution < -0.4 is 0 Å². The van der Waals surface area contributed by atoms with Crippen molar-refractivity contribution >= 4 is 22.6 Å². The van der Waals surface area contributed by atoms with E-state index in [1.165, 1.54) is 0 Å². The maximum atomic E-state index is 6.32. The van der Waals surface area contributed by atoms with Crippen molar-refractivity contribution in [3.63, 3.8) is 0 Å². The number of likely N-dealkylation sites (N-methyl/N-ethyl adjacent to an activating group) is 1. The number of alkyl halides is 1. The normalized spacial score (nSPS) is 21.8. The van der Waals surface area contributed by atoms with Crippen LogP contribution in [0.25, 0.3) is 11.0 Å². The third-order valence-corrected chi connectivity index (χ3v) is 4.29. The topological polar surface area (TPSA) is 30.3 Å². The second-order valence-corrected chi connectivity index (χ2v) is 6.23. The van der Waals surface area contributed by atoms with Gasteiger partial charge >= 0.3 is 0 Å². The summed E-state index contributed by atoms with van der Waals surface area (Å²) in [5.74, 6) is 0.926. The number of ether oxygens (including phenoxy) is 1. The molecule has 2 unspecified atom stereocenters. The fraction of sp³-hybridized carbons (Fsp3) is 0.562. The van der Waals surface area contributed by atoms with Gasteiger partial charge in [-0.25, -0.2) is 4.98 Å². The van der Waals surface area contributed by atoms with E-state index < -0.39 is 0 Å². The van der Waals surface area contributed by atoms with E-state index in [0.29, 0.717) is 0 Å². The Labute approximate surface area is 130 Å². The molecule has 21 heavy (non-hydrogen) atoms. The van der Waals surface area contributed by atoms with Crippen LogP contribution in [-0.2, 0) is 11.3 Å². The lowest BCUT2D eigenvalue weighted by Crippen LogP contribution is -2.44. The molecule has 1 aromatic heterocycles. The molecular formula is C16H22ClN3O. The highest BCUT2D eigenvalue weighted by Gasteiger charge is 2.23. The van der Waals surface area contributed by atoms with Crippen molar-refractivity contribution in [3.05, 3.63) is 30.1 Å². The van der Waals surface area contributed by atoms with Crippen molar-refractivity contribution in [1.82, 2.24) is 14.5 Å². The largest absolute Gasteiger partial charge is 0.374 e. The molecule has 1 saturated heterocycles. The summed E-state index contributed by atoms with van der Waals surface area (Å²) < 4.78 is 8.15. The van der Waals surface area contributed by atoms with Crippen LogP contribution >= 0.6 is 11.6 Å². The van der Waals surface area contributed by atoms with Crippen LogP contribution in [0.15, 0.2) is 24.3 Å². The number of halogens is 1. The van der Waals surface area contributed by atoms with Crippen molar-refractivity contribution in [3.8, 4) is 0 Å². The summed E-state index contributed by atoms with van der Waals surface area (Å²) in [6, 6.07) is 8.20. The molecule has 2 heterocycles. The first kappa shape index (κ1) is 14.8. The number of hydrogen-bond donors (Lipinski definition) is 0. The van der Waals surface area contributed by atoms with Crippen LogP contribution in [0.1, 0.15) is 25.0 Å². The summed E-state index contributed by atoms with van der Waals surface area (Å²) in [4.78, 5) is 7.11. The zero-order valence-electron chi connectivity index (χ0n) is 12.6. The number of imidazole rings is 1. The van der Waals surface area contributed by atoms with E-state index in [9.17, 15) is 0 Å². The molecule has 4 nitrogen and oxygen atoms in total. The highest BCUT2D eigenvalue weighted by Crippen LogP contribution is 2.25. The Kier molecular flexibility index (Phi) is 4.48. The molecule has 0 aliphatic carbocycles. The van der Waals surface area contributed by atoms with Gasteiger partial charge in [-0.1, -0.05) is 19.1 Å². The molecule has 0 amide bonds. The van der Waals surface area contributed by atoms with Gasteiger partial charge in [-0.15, -0.1) is 11.6 Å². The van der Waals surface area contributed by atoms with Gasteiger partial charge in [0, 0.05) is 13.1 Å². The monoisotopic (exact) mass is 307 g/mol. The Morgan fingerprint density at radius 3 is 3.00 bits per heavy atom. The van der Waals surface area contributed by atoms with Crippen LogP contribution in [0, 0.1) is 0 Å². The number of hydrogen-bond acceptors (Lipinski definition) is 3. The summed E-state index contributed by atoms with van der Waals surface area (Å²) in [6.45, 7) is 8.85. The maximum absolute atomic E-state index is 6.32. The van der Waals surface area contributed by atoms with E-state index in [1.807, 2.05) is 25.1 Å². The van der Waals surface area contributed by atoms with Crippen LogP contribution in [0.4, 0.5) is 0 Å². The Balaban J connectivity index is 1.90. The van der Waals surface area contributed by atoms with E-state index in [1.54, 1.807) is 0 Å². The molecule has 2 aromatic rings. The zero-order valence-corrected chi connectivity index (χ0v) is 13.4. The molecule has 1 aliphatic heterocycles. The molecule has 114 valence electrons. The Morgan fingerprint density at radius 1 is 1.43 bits per heavy atom.